The molecule has 0 bridgehead atoms. The summed E-state index contributed by atoms with van der Waals surface area (Å²) in [7, 11) is 1.43. The lowest BCUT2D eigenvalue weighted by Gasteiger charge is -2.15. The highest BCUT2D eigenvalue weighted by atomic mass is 35.5. The van der Waals surface area contributed by atoms with Gasteiger partial charge in [0, 0.05) is 23.7 Å². The van der Waals surface area contributed by atoms with E-state index in [1.807, 2.05) is 0 Å². The van der Waals surface area contributed by atoms with E-state index in [2.05, 4.69) is 5.10 Å². The molecule has 0 amide bonds. The highest BCUT2D eigenvalue weighted by Gasteiger charge is 2.12. The molecule has 8 heteroatoms. The minimum atomic E-state index is -1.43. The van der Waals surface area contributed by atoms with Crippen molar-refractivity contribution in [3.63, 3.8) is 0 Å². The number of benzene rings is 2. The van der Waals surface area contributed by atoms with Crippen LogP contribution in [0.4, 0.5) is 14.5 Å². The fourth-order valence-corrected chi connectivity index (χ4v) is 2.16. The normalized spacial score (nSPS) is 12.0. The molecule has 0 saturated heterocycles. The number of hydrazone groups is 1. The molecule has 0 aliphatic carbocycles. The molecular weight excluding hydrogens is 366 g/mol. The van der Waals surface area contributed by atoms with Crippen LogP contribution in [0.25, 0.3) is 0 Å². The lowest BCUT2D eigenvalue weighted by molar-refractivity contribution is -0.133. The second kappa shape index (κ2) is 8.35. The topological polar surface area (TPSA) is 70.0 Å². The first-order valence-corrected chi connectivity index (χ1v) is 7.62. The van der Waals surface area contributed by atoms with E-state index < -0.39 is 23.2 Å². The number of rotatable bonds is 6. The van der Waals surface area contributed by atoms with Crippen molar-refractivity contribution in [1.82, 2.24) is 0 Å². The van der Waals surface area contributed by atoms with Gasteiger partial charge in [-0.15, -0.1) is 0 Å². The molecular formula is C18H13ClF2N2O3. The van der Waals surface area contributed by atoms with E-state index in [4.69, 9.17) is 16.7 Å². The van der Waals surface area contributed by atoms with Crippen LogP contribution in [0, 0.1) is 11.6 Å². The Labute approximate surface area is 152 Å². The van der Waals surface area contributed by atoms with Gasteiger partial charge in [0.05, 0.1) is 11.4 Å². The lowest BCUT2D eigenvalue weighted by Crippen LogP contribution is -2.15. The second-order valence-electron chi connectivity index (χ2n) is 5.17. The van der Waals surface area contributed by atoms with Crippen molar-refractivity contribution in [2.24, 2.45) is 5.10 Å². The molecule has 26 heavy (non-hydrogen) atoms. The standard InChI is InChI=1S/C18H13ClF2N2O3/c1-23(16-8-14(20)7-15(21)9-16)22-17(6-12(10-24)18(25)26)11-2-4-13(19)5-3-11/h2-10H,1H3,(H,25,26)/b12-6+,22-17+. The van der Waals surface area contributed by atoms with Crippen LogP contribution in [0.1, 0.15) is 5.56 Å². The Morgan fingerprint density at radius 1 is 1.15 bits per heavy atom. The van der Waals surface area contributed by atoms with E-state index in [0.717, 1.165) is 29.3 Å². The predicted octanol–water partition coefficient (Wildman–Crippen LogP) is 3.67. The minimum Gasteiger partial charge on any atom is -0.478 e. The van der Waals surface area contributed by atoms with Gasteiger partial charge in [0.25, 0.3) is 0 Å². The molecule has 2 rings (SSSR count). The number of halogens is 3. The van der Waals surface area contributed by atoms with Crippen molar-refractivity contribution in [2.75, 3.05) is 12.1 Å². The maximum absolute atomic E-state index is 13.4. The Bertz CT molecular complexity index is 876. The Balaban J connectivity index is 2.54. The Kier molecular flexibility index (Phi) is 6.19. The maximum Gasteiger partial charge on any atom is 0.339 e. The summed E-state index contributed by atoms with van der Waals surface area (Å²) in [4.78, 5) is 22.1. The van der Waals surface area contributed by atoms with Crippen molar-refractivity contribution in [1.29, 1.82) is 0 Å². The molecule has 0 heterocycles. The molecule has 0 aliphatic heterocycles. The summed E-state index contributed by atoms with van der Waals surface area (Å²) in [5.74, 6) is -3.00. The third-order valence-corrected chi connectivity index (χ3v) is 3.54. The summed E-state index contributed by atoms with van der Waals surface area (Å²) < 4.78 is 26.8. The van der Waals surface area contributed by atoms with Gasteiger partial charge >= 0.3 is 5.97 Å². The average Bonchev–Trinajstić information content (AvgIpc) is 2.58. The van der Waals surface area contributed by atoms with E-state index in [0.29, 0.717) is 10.6 Å². The summed E-state index contributed by atoms with van der Waals surface area (Å²) in [6.07, 6.45) is 1.24. The number of aldehydes is 1. The number of carbonyl (C=O) groups excluding carboxylic acids is 1. The third-order valence-electron chi connectivity index (χ3n) is 3.28. The fourth-order valence-electron chi connectivity index (χ4n) is 2.03. The van der Waals surface area contributed by atoms with E-state index in [9.17, 15) is 18.4 Å². The fraction of sp³-hybridized carbons (Fsp3) is 0.0556. The summed E-state index contributed by atoms with van der Waals surface area (Å²) in [6.45, 7) is 0. The lowest BCUT2D eigenvalue weighted by atomic mass is 10.1. The molecule has 0 radical (unpaired) electrons. The zero-order chi connectivity index (χ0) is 19.3. The van der Waals surface area contributed by atoms with Crippen molar-refractivity contribution in [3.8, 4) is 0 Å². The van der Waals surface area contributed by atoms with Gasteiger partial charge in [-0.25, -0.2) is 13.6 Å². The van der Waals surface area contributed by atoms with Crippen LogP contribution in [-0.2, 0) is 9.59 Å². The molecule has 0 saturated carbocycles. The zero-order valence-corrected chi connectivity index (χ0v) is 14.2. The number of anilines is 1. The number of carboxylic acid groups (broad SMARTS) is 1. The van der Waals surface area contributed by atoms with Gasteiger partial charge in [0.15, 0.2) is 6.29 Å². The monoisotopic (exact) mass is 378 g/mol. The number of carboxylic acids is 1. The molecule has 0 fully saturated rings. The van der Waals surface area contributed by atoms with Crippen LogP contribution in [0.15, 0.2) is 59.2 Å². The van der Waals surface area contributed by atoms with E-state index >= 15 is 0 Å². The molecule has 0 spiro atoms. The zero-order valence-electron chi connectivity index (χ0n) is 13.5. The van der Waals surface area contributed by atoms with Gasteiger partial charge < -0.3 is 5.11 Å². The van der Waals surface area contributed by atoms with Gasteiger partial charge in [-0.05, 0) is 30.3 Å². The Morgan fingerprint density at radius 2 is 1.73 bits per heavy atom. The van der Waals surface area contributed by atoms with Crippen LogP contribution in [0.2, 0.25) is 5.02 Å². The number of hydrogen-bond donors (Lipinski definition) is 1. The summed E-state index contributed by atoms with van der Waals surface area (Å²) in [5, 5.41) is 14.8. The summed E-state index contributed by atoms with van der Waals surface area (Å²) >= 11 is 5.84. The molecule has 2 aromatic carbocycles. The Morgan fingerprint density at radius 3 is 2.23 bits per heavy atom. The quantitative estimate of drug-likeness (QED) is 0.208. The van der Waals surface area contributed by atoms with Gasteiger partial charge in [0.1, 0.15) is 17.2 Å². The smallest absolute Gasteiger partial charge is 0.339 e. The number of nitrogens with zero attached hydrogens (tertiary/aromatic N) is 2. The molecule has 2 aromatic rings. The van der Waals surface area contributed by atoms with Gasteiger partial charge in [-0.3, -0.25) is 9.80 Å². The first kappa shape index (κ1) is 19.3. The van der Waals surface area contributed by atoms with Crippen LogP contribution in [0.3, 0.4) is 0 Å². The molecule has 0 aromatic heterocycles. The predicted molar refractivity (Wildman–Crippen MR) is 94.5 cm³/mol. The maximum atomic E-state index is 13.4. The van der Waals surface area contributed by atoms with E-state index in [-0.39, 0.29) is 17.7 Å². The molecule has 0 atom stereocenters. The SMILES string of the molecule is CN(/N=C(\C=C(/C=O)C(=O)O)c1ccc(Cl)cc1)c1cc(F)cc(F)c1. The second-order valence-corrected chi connectivity index (χ2v) is 5.60. The van der Waals surface area contributed by atoms with Crippen molar-refractivity contribution < 1.29 is 23.5 Å². The Hall–Kier alpha value is -3.06. The van der Waals surface area contributed by atoms with Crippen LogP contribution < -0.4 is 5.01 Å². The molecule has 0 unspecified atom stereocenters. The molecule has 0 aliphatic rings. The number of aliphatic carboxylic acids is 1. The van der Waals surface area contributed by atoms with E-state index in [1.165, 1.54) is 7.05 Å². The van der Waals surface area contributed by atoms with Crippen molar-refractivity contribution in [2.45, 2.75) is 0 Å². The van der Waals surface area contributed by atoms with Crippen LogP contribution >= 0.6 is 11.6 Å². The highest BCUT2D eigenvalue weighted by molar-refractivity contribution is 6.30. The third kappa shape index (κ3) is 4.97. The van der Waals surface area contributed by atoms with Gasteiger partial charge in [-0.1, -0.05) is 23.7 Å². The summed E-state index contributed by atoms with van der Waals surface area (Å²) in [5.41, 5.74) is 0.125. The molecule has 1 N–H and O–H groups in total. The number of allylic oxidation sites excluding steroid dienone is 1. The molecule has 134 valence electrons. The minimum absolute atomic E-state index is 0.0957. The van der Waals surface area contributed by atoms with Gasteiger partial charge in [0.2, 0.25) is 0 Å². The number of carbonyl (C=O) groups is 2. The van der Waals surface area contributed by atoms with E-state index in [1.54, 1.807) is 24.3 Å². The largest absolute Gasteiger partial charge is 0.478 e. The van der Waals surface area contributed by atoms with Crippen LogP contribution in [0.5, 0.6) is 0 Å². The van der Waals surface area contributed by atoms with Crippen molar-refractivity contribution in [3.05, 3.63) is 76.3 Å². The first-order valence-electron chi connectivity index (χ1n) is 7.24. The average molecular weight is 379 g/mol. The number of hydrogen-bond acceptors (Lipinski definition) is 4. The highest BCUT2D eigenvalue weighted by Crippen LogP contribution is 2.19. The summed E-state index contributed by atoms with van der Waals surface area (Å²) in [6, 6.07) is 9.11. The van der Waals surface area contributed by atoms with Crippen LogP contribution in [-0.4, -0.2) is 30.1 Å². The first-order chi connectivity index (χ1) is 12.3. The van der Waals surface area contributed by atoms with Gasteiger partial charge in [-0.2, -0.15) is 5.10 Å². The van der Waals surface area contributed by atoms with Crippen molar-refractivity contribution >= 4 is 35.3 Å². The molecule has 5 nitrogen and oxygen atoms in total.